The van der Waals surface area contributed by atoms with Gasteiger partial charge >= 0.3 is 0 Å². The smallest absolute Gasteiger partial charge is 0.241 e. The van der Waals surface area contributed by atoms with E-state index in [1.165, 1.54) is 38.5 Å². The molecule has 0 spiro atoms. The summed E-state index contributed by atoms with van der Waals surface area (Å²) >= 11 is 0. The minimum Gasteiger partial charge on any atom is -0.497 e. The van der Waals surface area contributed by atoms with Gasteiger partial charge in [-0.05, 0) is 36.8 Å². The Kier molecular flexibility index (Phi) is 6.85. The Labute approximate surface area is 164 Å². The standard InChI is InChI=1S/C19H23FN2O5S/c1-13(14-5-7-15(20)8-6-14)21-19(23)12-22(28(4,24)25)17-10-9-16(26-2)11-18(17)27-3/h5-11,13H,12H2,1-4H3,(H,21,23)/t13-/m1/s1. The van der Waals surface area contributed by atoms with Gasteiger partial charge in [-0.2, -0.15) is 0 Å². The molecule has 28 heavy (non-hydrogen) atoms. The number of ether oxygens (including phenoxy) is 2. The highest BCUT2D eigenvalue weighted by Crippen LogP contribution is 2.33. The van der Waals surface area contributed by atoms with Crippen molar-refractivity contribution in [2.24, 2.45) is 0 Å². The number of nitrogens with one attached hydrogen (secondary N) is 1. The van der Waals surface area contributed by atoms with Gasteiger partial charge in [-0.15, -0.1) is 0 Å². The van der Waals surface area contributed by atoms with E-state index in [-0.39, 0.29) is 17.3 Å². The maximum Gasteiger partial charge on any atom is 0.241 e. The molecule has 0 aliphatic carbocycles. The van der Waals surface area contributed by atoms with Gasteiger partial charge in [0.2, 0.25) is 15.9 Å². The van der Waals surface area contributed by atoms with Crippen LogP contribution in [0.15, 0.2) is 42.5 Å². The number of amides is 1. The summed E-state index contributed by atoms with van der Waals surface area (Å²) in [6.07, 6.45) is 1.01. The summed E-state index contributed by atoms with van der Waals surface area (Å²) in [6.45, 7) is 1.29. The first-order valence-electron chi connectivity index (χ1n) is 8.40. The zero-order valence-electron chi connectivity index (χ0n) is 16.1. The molecule has 0 saturated heterocycles. The Balaban J connectivity index is 2.23. The number of hydrogen-bond acceptors (Lipinski definition) is 5. The third-order valence-corrected chi connectivity index (χ3v) is 5.22. The van der Waals surface area contributed by atoms with Crippen molar-refractivity contribution in [3.8, 4) is 11.5 Å². The zero-order chi connectivity index (χ0) is 20.9. The molecule has 2 rings (SSSR count). The van der Waals surface area contributed by atoms with Crippen molar-refractivity contribution in [2.75, 3.05) is 31.3 Å². The highest BCUT2D eigenvalue weighted by Gasteiger charge is 2.25. The van der Waals surface area contributed by atoms with Crippen molar-refractivity contribution in [1.29, 1.82) is 0 Å². The van der Waals surface area contributed by atoms with Gasteiger partial charge in [0.1, 0.15) is 23.9 Å². The summed E-state index contributed by atoms with van der Waals surface area (Å²) < 4.78 is 49.0. The predicted molar refractivity (Wildman–Crippen MR) is 105 cm³/mol. The number of rotatable bonds is 8. The number of hydrogen-bond donors (Lipinski definition) is 1. The first-order chi connectivity index (χ1) is 13.2. The van der Waals surface area contributed by atoms with Crippen molar-refractivity contribution < 1.29 is 27.1 Å². The van der Waals surface area contributed by atoms with E-state index in [4.69, 9.17) is 9.47 Å². The molecule has 9 heteroatoms. The van der Waals surface area contributed by atoms with Gasteiger partial charge in [0.15, 0.2) is 0 Å². The van der Waals surface area contributed by atoms with E-state index >= 15 is 0 Å². The molecule has 0 saturated carbocycles. The summed E-state index contributed by atoms with van der Waals surface area (Å²) in [5.41, 5.74) is 0.915. The minimum absolute atomic E-state index is 0.218. The quantitative estimate of drug-likeness (QED) is 0.723. The minimum atomic E-state index is -3.77. The number of carbonyl (C=O) groups excluding carboxylic acids is 1. The van der Waals surface area contributed by atoms with Crippen LogP contribution < -0.4 is 19.1 Å². The van der Waals surface area contributed by atoms with Crippen LogP contribution >= 0.6 is 0 Å². The molecule has 0 bridgehead atoms. The molecule has 0 heterocycles. The van der Waals surface area contributed by atoms with E-state index in [0.717, 1.165) is 10.6 Å². The Morgan fingerprint density at radius 2 is 1.79 bits per heavy atom. The fraction of sp³-hybridized carbons (Fsp3) is 0.316. The lowest BCUT2D eigenvalue weighted by Crippen LogP contribution is -2.41. The molecule has 0 unspecified atom stereocenters. The molecule has 0 fully saturated rings. The van der Waals surface area contributed by atoms with Gasteiger partial charge in [-0.1, -0.05) is 12.1 Å². The van der Waals surface area contributed by atoms with E-state index in [1.807, 2.05) is 0 Å². The number of carbonyl (C=O) groups is 1. The Morgan fingerprint density at radius 1 is 1.14 bits per heavy atom. The van der Waals surface area contributed by atoms with E-state index in [9.17, 15) is 17.6 Å². The van der Waals surface area contributed by atoms with Crippen LogP contribution in [0, 0.1) is 5.82 Å². The van der Waals surface area contributed by atoms with Gasteiger partial charge in [0.05, 0.1) is 32.2 Å². The molecule has 1 N–H and O–H groups in total. The molecular weight excluding hydrogens is 387 g/mol. The molecule has 0 radical (unpaired) electrons. The largest absolute Gasteiger partial charge is 0.497 e. The second-order valence-electron chi connectivity index (χ2n) is 6.15. The van der Waals surface area contributed by atoms with Crippen LogP contribution in [-0.2, 0) is 14.8 Å². The molecule has 1 atom stereocenters. The van der Waals surface area contributed by atoms with Crippen molar-refractivity contribution >= 4 is 21.6 Å². The average Bonchev–Trinajstić information content (AvgIpc) is 2.65. The number of benzene rings is 2. The molecular formula is C19H23FN2O5S. The topological polar surface area (TPSA) is 84.9 Å². The number of anilines is 1. The summed E-state index contributed by atoms with van der Waals surface area (Å²) in [7, 11) is -0.892. The first-order valence-corrected chi connectivity index (χ1v) is 10.2. The number of nitrogens with zero attached hydrogens (tertiary/aromatic N) is 1. The molecule has 0 aliphatic heterocycles. The predicted octanol–water partition coefficient (Wildman–Crippen LogP) is 2.49. The van der Waals surface area contributed by atoms with Crippen molar-refractivity contribution in [3.05, 3.63) is 53.8 Å². The number of methoxy groups -OCH3 is 2. The van der Waals surface area contributed by atoms with E-state index in [1.54, 1.807) is 25.1 Å². The highest BCUT2D eigenvalue weighted by molar-refractivity contribution is 7.92. The van der Waals surface area contributed by atoms with Gasteiger partial charge in [0.25, 0.3) is 0 Å². The Morgan fingerprint density at radius 3 is 2.32 bits per heavy atom. The SMILES string of the molecule is COc1ccc(N(CC(=O)N[C@H](C)c2ccc(F)cc2)S(C)(=O)=O)c(OC)c1. The normalized spacial score (nSPS) is 12.2. The second kappa shape index (κ2) is 8.92. The average molecular weight is 410 g/mol. The van der Waals surface area contributed by atoms with Gasteiger partial charge in [-0.25, -0.2) is 12.8 Å². The van der Waals surface area contributed by atoms with Crippen LogP contribution in [0.5, 0.6) is 11.5 Å². The number of sulfonamides is 1. The van der Waals surface area contributed by atoms with Crippen LogP contribution in [-0.4, -0.2) is 41.3 Å². The summed E-state index contributed by atoms with van der Waals surface area (Å²) in [5, 5.41) is 2.71. The summed E-state index contributed by atoms with van der Waals surface area (Å²) in [5.74, 6) is -0.148. The van der Waals surface area contributed by atoms with Crippen LogP contribution in [0.2, 0.25) is 0 Å². The number of halogens is 1. The van der Waals surface area contributed by atoms with Crippen molar-refractivity contribution in [2.45, 2.75) is 13.0 Å². The van der Waals surface area contributed by atoms with Gasteiger partial charge < -0.3 is 14.8 Å². The van der Waals surface area contributed by atoms with E-state index in [0.29, 0.717) is 11.3 Å². The fourth-order valence-corrected chi connectivity index (χ4v) is 3.48. The molecule has 2 aromatic rings. The van der Waals surface area contributed by atoms with E-state index < -0.39 is 28.5 Å². The second-order valence-corrected chi connectivity index (χ2v) is 8.05. The monoisotopic (exact) mass is 410 g/mol. The molecule has 152 valence electrons. The Hall–Kier alpha value is -2.81. The first kappa shape index (κ1) is 21.5. The summed E-state index contributed by atoms with van der Waals surface area (Å²) in [4.78, 5) is 12.5. The lowest BCUT2D eigenvalue weighted by Gasteiger charge is -2.25. The molecule has 0 aromatic heterocycles. The Bertz CT molecular complexity index is 932. The fourth-order valence-electron chi connectivity index (χ4n) is 2.62. The van der Waals surface area contributed by atoms with E-state index in [2.05, 4.69) is 5.32 Å². The van der Waals surface area contributed by atoms with Crippen LogP contribution in [0.4, 0.5) is 10.1 Å². The highest BCUT2D eigenvalue weighted by atomic mass is 32.2. The van der Waals surface area contributed by atoms with Crippen LogP contribution in [0.1, 0.15) is 18.5 Å². The van der Waals surface area contributed by atoms with Crippen molar-refractivity contribution in [3.63, 3.8) is 0 Å². The van der Waals surface area contributed by atoms with Crippen LogP contribution in [0.3, 0.4) is 0 Å². The molecule has 2 aromatic carbocycles. The van der Waals surface area contributed by atoms with Crippen LogP contribution in [0.25, 0.3) is 0 Å². The third kappa shape index (κ3) is 5.35. The molecule has 0 aliphatic rings. The van der Waals surface area contributed by atoms with Gasteiger partial charge in [0, 0.05) is 6.07 Å². The lowest BCUT2D eigenvalue weighted by atomic mass is 10.1. The summed E-state index contributed by atoms with van der Waals surface area (Å²) in [6, 6.07) is 9.90. The lowest BCUT2D eigenvalue weighted by molar-refractivity contribution is -0.120. The van der Waals surface area contributed by atoms with Gasteiger partial charge in [-0.3, -0.25) is 9.10 Å². The van der Waals surface area contributed by atoms with Crippen molar-refractivity contribution in [1.82, 2.24) is 5.32 Å². The molecule has 7 nitrogen and oxygen atoms in total. The zero-order valence-corrected chi connectivity index (χ0v) is 16.9. The maximum atomic E-state index is 13.0. The molecule has 1 amide bonds. The third-order valence-electron chi connectivity index (χ3n) is 4.09. The maximum absolute atomic E-state index is 13.0.